The second-order valence-corrected chi connectivity index (χ2v) is 8.71. The van der Waals surface area contributed by atoms with E-state index >= 15 is 0 Å². The van der Waals surface area contributed by atoms with Gasteiger partial charge in [-0.05, 0) is 60.2 Å². The Balaban J connectivity index is 1.50. The predicted molar refractivity (Wildman–Crippen MR) is 148 cm³/mol. The molecule has 1 heterocycles. The average molecular weight is 513 g/mol. The predicted octanol–water partition coefficient (Wildman–Crippen LogP) is 5.59. The van der Waals surface area contributed by atoms with Crippen LogP contribution in [0.1, 0.15) is 21.7 Å². The number of amides is 2. The van der Waals surface area contributed by atoms with Crippen molar-refractivity contribution < 1.29 is 14.0 Å². The maximum Gasteiger partial charge on any atom is 0.287 e. The third kappa shape index (κ3) is 6.96. The molecule has 0 fully saturated rings. The van der Waals surface area contributed by atoms with Gasteiger partial charge in [-0.1, -0.05) is 54.1 Å². The number of rotatable bonds is 8. The van der Waals surface area contributed by atoms with E-state index in [9.17, 15) is 9.59 Å². The first-order valence-corrected chi connectivity index (χ1v) is 11.8. The van der Waals surface area contributed by atoms with E-state index in [0.717, 1.165) is 16.8 Å². The molecule has 186 valence electrons. The van der Waals surface area contributed by atoms with Crippen LogP contribution in [-0.4, -0.2) is 32.1 Å². The summed E-state index contributed by atoms with van der Waals surface area (Å²) >= 11 is 6.05. The number of furan rings is 1. The minimum Gasteiger partial charge on any atom is -0.455 e. The number of hydrogen-bond acceptors (Lipinski definition) is 5. The van der Waals surface area contributed by atoms with E-state index in [-0.39, 0.29) is 5.70 Å². The summed E-state index contributed by atoms with van der Waals surface area (Å²) in [6.07, 6.45) is 2.98. The molecule has 1 aromatic heterocycles. The van der Waals surface area contributed by atoms with Crippen molar-refractivity contribution in [1.29, 1.82) is 0 Å². The smallest absolute Gasteiger partial charge is 0.287 e. The minimum atomic E-state index is -0.584. The molecule has 0 saturated heterocycles. The number of benzene rings is 3. The van der Waals surface area contributed by atoms with Crippen LogP contribution in [0.25, 0.3) is 17.4 Å². The van der Waals surface area contributed by atoms with Gasteiger partial charge in [-0.15, -0.1) is 0 Å². The first-order chi connectivity index (χ1) is 17.9. The fourth-order valence-corrected chi connectivity index (χ4v) is 3.60. The SMILES string of the molecule is CN(C)c1ccc(/C=C(\NC(=O)c2ccccc2)C(=O)N/N=C/c2ccc(-c3cccc(Cl)c3)o2)cc1. The number of carbonyl (C=O) groups is 2. The third-order valence-corrected chi connectivity index (χ3v) is 5.58. The van der Waals surface area contributed by atoms with Crippen LogP contribution in [0.3, 0.4) is 0 Å². The highest BCUT2D eigenvalue weighted by atomic mass is 35.5. The molecule has 7 nitrogen and oxygen atoms in total. The van der Waals surface area contributed by atoms with Gasteiger partial charge in [0.2, 0.25) is 0 Å². The molecule has 0 unspecified atom stereocenters. The zero-order valence-electron chi connectivity index (χ0n) is 20.3. The Labute approximate surface area is 220 Å². The Hall–Kier alpha value is -4.62. The van der Waals surface area contributed by atoms with Crippen LogP contribution in [0.5, 0.6) is 0 Å². The van der Waals surface area contributed by atoms with Gasteiger partial charge in [-0.2, -0.15) is 5.10 Å². The summed E-state index contributed by atoms with van der Waals surface area (Å²) in [5.41, 5.74) is 5.50. The Kier molecular flexibility index (Phi) is 8.18. The van der Waals surface area contributed by atoms with Crippen LogP contribution in [0.2, 0.25) is 5.02 Å². The van der Waals surface area contributed by atoms with Crippen molar-refractivity contribution in [2.75, 3.05) is 19.0 Å². The van der Waals surface area contributed by atoms with Gasteiger partial charge in [0, 0.05) is 35.9 Å². The second kappa shape index (κ2) is 11.9. The van der Waals surface area contributed by atoms with Gasteiger partial charge in [-0.3, -0.25) is 9.59 Å². The molecule has 2 amide bonds. The van der Waals surface area contributed by atoms with Crippen LogP contribution in [0.15, 0.2) is 106 Å². The van der Waals surface area contributed by atoms with Gasteiger partial charge in [0.25, 0.3) is 11.8 Å². The molecule has 0 spiro atoms. The van der Waals surface area contributed by atoms with Gasteiger partial charge >= 0.3 is 0 Å². The van der Waals surface area contributed by atoms with Crippen LogP contribution in [-0.2, 0) is 4.79 Å². The van der Waals surface area contributed by atoms with Crippen molar-refractivity contribution in [2.45, 2.75) is 0 Å². The lowest BCUT2D eigenvalue weighted by Crippen LogP contribution is -2.32. The van der Waals surface area contributed by atoms with Crippen molar-refractivity contribution in [1.82, 2.24) is 10.7 Å². The number of carbonyl (C=O) groups excluding carboxylic acids is 2. The Morgan fingerprint density at radius 3 is 2.38 bits per heavy atom. The molecular formula is C29H25ClN4O3. The summed E-state index contributed by atoms with van der Waals surface area (Å²) in [6.45, 7) is 0. The number of nitrogens with one attached hydrogen (secondary N) is 2. The number of halogens is 1. The van der Waals surface area contributed by atoms with Gasteiger partial charge in [0.05, 0.1) is 6.21 Å². The van der Waals surface area contributed by atoms with Crippen LogP contribution in [0.4, 0.5) is 5.69 Å². The first-order valence-electron chi connectivity index (χ1n) is 11.4. The lowest BCUT2D eigenvalue weighted by Gasteiger charge is -2.12. The van der Waals surface area contributed by atoms with Crippen LogP contribution >= 0.6 is 11.6 Å². The number of nitrogens with zero attached hydrogens (tertiary/aromatic N) is 2. The Bertz CT molecular complexity index is 1440. The van der Waals surface area contributed by atoms with Crippen molar-refractivity contribution in [3.05, 3.63) is 119 Å². The van der Waals surface area contributed by atoms with Gasteiger partial charge in [0.1, 0.15) is 17.2 Å². The van der Waals surface area contributed by atoms with Gasteiger partial charge in [0.15, 0.2) is 0 Å². The largest absolute Gasteiger partial charge is 0.455 e. The molecule has 0 bridgehead atoms. The monoisotopic (exact) mass is 512 g/mol. The molecule has 0 aliphatic rings. The van der Waals surface area contributed by atoms with Crippen LogP contribution < -0.4 is 15.6 Å². The fourth-order valence-electron chi connectivity index (χ4n) is 3.41. The van der Waals surface area contributed by atoms with E-state index in [1.807, 2.05) is 61.5 Å². The molecule has 0 radical (unpaired) electrons. The minimum absolute atomic E-state index is 0.0441. The lowest BCUT2D eigenvalue weighted by atomic mass is 10.1. The van der Waals surface area contributed by atoms with Gasteiger partial charge < -0.3 is 14.6 Å². The van der Waals surface area contributed by atoms with Crippen molar-refractivity contribution in [2.24, 2.45) is 5.10 Å². The van der Waals surface area contributed by atoms with Crippen molar-refractivity contribution >= 4 is 41.4 Å². The molecule has 37 heavy (non-hydrogen) atoms. The highest BCUT2D eigenvalue weighted by molar-refractivity contribution is 6.30. The van der Waals surface area contributed by atoms with Crippen molar-refractivity contribution in [3.8, 4) is 11.3 Å². The normalized spacial score (nSPS) is 11.4. The molecule has 8 heteroatoms. The van der Waals surface area contributed by atoms with Gasteiger partial charge in [-0.25, -0.2) is 5.43 Å². The number of hydrogen-bond donors (Lipinski definition) is 2. The molecule has 3 aromatic carbocycles. The summed E-state index contributed by atoms with van der Waals surface area (Å²) in [6, 6.07) is 27.0. The van der Waals surface area contributed by atoms with Crippen LogP contribution in [0, 0.1) is 0 Å². The standard InChI is InChI=1S/C29H25ClN4O3/c1-34(2)24-13-11-20(12-14-24)17-26(32-28(35)21-7-4-3-5-8-21)29(36)33-31-19-25-15-16-27(37-25)22-9-6-10-23(30)18-22/h3-19H,1-2H3,(H,32,35)(H,33,36)/b26-17-,31-19+. The number of hydrazone groups is 1. The van der Waals surface area contributed by atoms with Crippen molar-refractivity contribution in [3.63, 3.8) is 0 Å². The summed E-state index contributed by atoms with van der Waals surface area (Å²) in [7, 11) is 3.89. The Morgan fingerprint density at radius 2 is 1.68 bits per heavy atom. The summed E-state index contributed by atoms with van der Waals surface area (Å²) in [5, 5.41) is 7.29. The maximum atomic E-state index is 13.0. The zero-order valence-corrected chi connectivity index (χ0v) is 21.1. The molecule has 2 N–H and O–H groups in total. The molecule has 0 atom stereocenters. The number of anilines is 1. The molecule has 4 aromatic rings. The van der Waals surface area contributed by atoms with E-state index < -0.39 is 11.8 Å². The fraction of sp³-hybridized carbons (Fsp3) is 0.0690. The van der Waals surface area contributed by atoms with E-state index in [4.69, 9.17) is 16.0 Å². The Morgan fingerprint density at radius 1 is 0.919 bits per heavy atom. The summed E-state index contributed by atoms with van der Waals surface area (Å²) < 4.78 is 5.77. The zero-order chi connectivity index (χ0) is 26.2. The quantitative estimate of drug-likeness (QED) is 0.183. The summed E-state index contributed by atoms with van der Waals surface area (Å²) in [5.74, 6) is 0.0625. The maximum absolute atomic E-state index is 13.0. The first kappa shape index (κ1) is 25.5. The average Bonchev–Trinajstić information content (AvgIpc) is 3.38. The lowest BCUT2D eigenvalue weighted by molar-refractivity contribution is -0.117. The molecule has 0 aliphatic heterocycles. The molecule has 4 rings (SSSR count). The molecular weight excluding hydrogens is 488 g/mol. The van der Waals surface area contributed by atoms with E-state index in [2.05, 4.69) is 15.8 Å². The third-order valence-electron chi connectivity index (χ3n) is 5.34. The molecule has 0 saturated carbocycles. The second-order valence-electron chi connectivity index (χ2n) is 8.28. The highest BCUT2D eigenvalue weighted by Crippen LogP contribution is 2.24. The summed E-state index contributed by atoms with van der Waals surface area (Å²) in [4.78, 5) is 27.7. The molecule has 0 aliphatic carbocycles. The van der Waals surface area contributed by atoms with E-state index in [1.165, 1.54) is 6.21 Å². The highest BCUT2D eigenvalue weighted by Gasteiger charge is 2.14. The van der Waals surface area contributed by atoms with E-state index in [1.54, 1.807) is 54.6 Å². The topological polar surface area (TPSA) is 86.9 Å². The van der Waals surface area contributed by atoms with E-state index in [0.29, 0.717) is 22.1 Å².